The van der Waals surface area contributed by atoms with Gasteiger partial charge in [0.05, 0.1) is 13.0 Å². The lowest BCUT2D eigenvalue weighted by molar-refractivity contribution is -0.146. The highest BCUT2D eigenvalue weighted by atomic mass is 16.5. The van der Waals surface area contributed by atoms with Crippen LogP contribution in [0.1, 0.15) is 24.3 Å². The minimum absolute atomic E-state index is 0.0302. The van der Waals surface area contributed by atoms with Gasteiger partial charge in [-0.05, 0) is 18.4 Å². The molecule has 1 unspecified atom stereocenters. The molecule has 16 heavy (non-hydrogen) atoms. The second-order valence-electron chi connectivity index (χ2n) is 4.07. The topological polar surface area (TPSA) is 26.3 Å². The maximum atomic E-state index is 11.7. The zero-order valence-electron chi connectivity index (χ0n) is 9.43. The van der Waals surface area contributed by atoms with Gasteiger partial charge in [-0.1, -0.05) is 42.5 Å². The maximum Gasteiger partial charge on any atom is 0.309 e. The molecular weight excluding hydrogens is 200 g/mol. The number of rotatable bonds is 2. The Morgan fingerprint density at radius 1 is 1.31 bits per heavy atom. The smallest absolute Gasteiger partial charge is 0.309 e. The molecule has 2 heteroatoms. The molecule has 2 nitrogen and oxygen atoms in total. The van der Waals surface area contributed by atoms with E-state index < -0.39 is 0 Å². The van der Waals surface area contributed by atoms with E-state index in [0.29, 0.717) is 0 Å². The Bertz CT molecular complexity index is 381. The Hall–Kier alpha value is -1.57. The summed E-state index contributed by atoms with van der Waals surface area (Å²) in [5.41, 5.74) is 1.19. The summed E-state index contributed by atoms with van der Waals surface area (Å²) in [4.78, 5) is 11.7. The van der Waals surface area contributed by atoms with Crippen LogP contribution in [0.3, 0.4) is 0 Å². The maximum absolute atomic E-state index is 11.7. The van der Waals surface area contributed by atoms with Gasteiger partial charge in [-0.25, -0.2) is 0 Å². The zero-order chi connectivity index (χ0) is 11.4. The van der Waals surface area contributed by atoms with Gasteiger partial charge in [0.2, 0.25) is 0 Å². The lowest BCUT2D eigenvalue weighted by atomic mass is 9.79. The minimum Gasteiger partial charge on any atom is -0.469 e. The third-order valence-electron chi connectivity index (χ3n) is 3.11. The van der Waals surface area contributed by atoms with Gasteiger partial charge in [0.1, 0.15) is 0 Å². The van der Waals surface area contributed by atoms with Gasteiger partial charge in [-0.15, -0.1) is 0 Å². The number of carbonyl (C=O) groups is 1. The molecule has 0 radical (unpaired) electrons. The first-order valence-corrected chi connectivity index (χ1v) is 5.62. The largest absolute Gasteiger partial charge is 0.469 e. The van der Waals surface area contributed by atoms with E-state index in [9.17, 15) is 4.79 Å². The van der Waals surface area contributed by atoms with Gasteiger partial charge in [-0.2, -0.15) is 0 Å². The highest BCUT2D eigenvalue weighted by Crippen LogP contribution is 2.33. The van der Waals surface area contributed by atoms with Crippen molar-refractivity contribution in [3.05, 3.63) is 48.0 Å². The van der Waals surface area contributed by atoms with E-state index >= 15 is 0 Å². The molecule has 0 saturated carbocycles. The molecule has 0 bridgehead atoms. The van der Waals surface area contributed by atoms with E-state index in [-0.39, 0.29) is 17.8 Å². The van der Waals surface area contributed by atoms with E-state index in [1.165, 1.54) is 12.7 Å². The molecule has 2 atom stereocenters. The average Bonchev–Trinajstić information content (AvgIpc) is 2.39. The third kappa shape index (κ3) is 2.16. The molecule has 0 heterocycles. The first-order chi connectivity index (χ1) is 7.83. The van der Waals surface area contributed by atoms with E-state index in [2.05, 4.69) is 24.3 Å². The number of esters is 1. The minimum atomic E-state index is -0.0989. The van der Waals surface area contributed by atoms with Crippen molar-refractivity contribution in [3.8, 4) is 0 Å². The van der Waals surface area contributed by atoms with Crippen LogP contribution in [-0.2, 0) is 9.53 Å². The molecule has 0 saturated heterocycles. The summed E-state index contributed by atoms with van der Waals surface area (Å²) in [6, 6.07) is 10.1. The SMILES string of the molecule is COC(=O)[C@H]1CCC=CC1c1ccccc1. The molecule has 1 aromatic carbocycles. The van der Waals surface area contributed by atoms with E-state index in [0.717, 1.165) is 12.8 Å². The molecular formula is C14H16O2. The monoisotopic (exact) mass is 216 g/mol. The summed E-state index contributed by atoms with van der Waals surface area (Å²) >= 11 is 0. The molecule has 0 N–H and O–H groups in total. The molecule has 0 amide bonds. The number of ether oxygens (including phenoxy) is 1. The van der Waals surface area contributed by atoms with Gasteiger partial charge >= 0.3 is 5.97 Å². The Kier molecular flexibility index (Phi) is 3.40. The number of methoxy groups -OCH3 is 1. The van der Waals surface area contributed by atoms with Crippen LogP contribution in [0.4, 0.5) is 0 Å². The molecule has 0 aromatic heterocycles. The fourth-order valence-electron chi connectivity index (χ4n) is 2.27. The average molecular weight is 216 g/mol. The highest BCUT2D eigenvalue weighted by Gasteiger charge is 2.29. The first kappa shape index (κ1) is 10.9. The molecule has 1 aliphatic rings. The van der Waals surface area contributed by atoms with Crippen molar-refractivity contribution in [1.29, 1.82) is 0 Å². The third-order valence-corrected chi connectivity index (χ3v) is 3.11. The Morgan fingerprint density at radius 3 is 2.75 bits per heavy atom. The predicted molar refractivity (Wildman–Crippen MR) is 63.1 cm³/mol. The van der Waals surface area contributed by atoms with Crippen molar-refractivity contribution >= 4 is 5.97 Å². The van der Waals surface area contributed by atoms with Crippen LogP contribution >= 0.6 is 0 Å². The van der Waals surface area contributed by atoms with Gasteiger partial charge < -0.3 is 4.74 Å². The number of benzene rings is 1. The first-order valence-electron chi connectivity index (χ1n) is 5.62. The van der Waals surface area contributed by atoms with Crippen LogP contribution in [0.5, 0.6) is 0 Å². The standard InChI is InChI=1S/C14H16O2/c1-16-14(15)13-10-6-5-9-12(13)11-7-3-2-4-8-11/h2-5,7-9,12-13H,6,10H2,1H3/t12?,13-/m0/s1. The van der Waals surface area contributed by atoms with Crippen LogP contribution < -0.4 is 0 Å². The van der Waals surface area contributed by atoms with Crippen molar-refractivity contribution in [2.75, 3.05) is 7.11 Å². The predicted octanol–water partition coefficient (Wildman–Crippen LogP) is 2.91. The van der Waals surface area contributed by atoms with Crippen molar-refractivity contribution in [2.45, 2.75) is 18.8 Å². The van der Waals surface area contributed by atoms with E-state index in [4.69, 9.17) is 4.74 Å². The van der Waals surface area contributed by atoms with Crippen LogP contribution in [0, 0.1) is 5.92 Å². The Balaban J connectivity index is 2.26. The number of hydrogen-bond acceptors (Lipinski definition) is 2. The molecule has 1 aliphatic carbocycles. The van der Waals surface area contributed by atoms with Crippen molar-refractivity contribution in [1.82, 2.24) is 0 Å². The molecule has 0 aliphatic heterocycles. The van der Waals surface area contributed by atoms with Crippen molar-refractivity contribution < 1.29 is 9.53 Å². The summed E-state index contributed by atoms with van der Waals surface area (Å²) in [6.07, 6.45) is 6.11. The van der Waals surface area contributed by atoms with Gasteiger partial charge in [0.15, 0.2) is 0 Å². The van der Waals surface area contributed by atoms with Gasteiger partial charge in [-0.3, -0.25) is 4.79 Å². The summed E-state index contributed by atoms with van der Waals surface area (Å²) < 4.78 is 4.87. The second-order valence-corrected chi connectivity index (χ2v) is 4.07. The van der Waals surface area contributed by atoms with Crippen LogP contribution in [0.25, 0.3) is 0 Å². The number of hydrogen-bond donors (Lipinski definition) is 0. The molecule has 0 spiro atoms. The van der Waals surface area contributed by atoms with Crippen molar-refractivity contribution in [2.24, 2.45) is 5.92 Å². The van der Waals surface area contributed by atoms with Gasteiger partial charge in [0.25, 0.3) is 0 Å². The van der Waals surface area contributed by atoms with E-state index in [1.807, 2.05) is 18.2 Å². The molecule has 84 valence electrons. The number of allylic oxidation sites excluding steroid dienone is 2. The highest BCUT2D eigenvalue weighted by molar-refractivity contribution is 5.74. The number of carbonyl (C=O) groups excluding carboxylic acids is 1. The lowest BCUT2D eigenvalue weighted by Gasteiger charge is -2.25. The summed E-state index contributed by atoms with van der Waals surface area (Å²) in [5, 5.41) is 0. The van der Waals surface area contributed by atoms with E-state index in [1.54, 1.807) is 0 Å². The lowest BCUT2D eigenvalue weighted by Crippen LogP contribution is -2.24. The normalized spacial score (nSPS) is 24.1. The summed E-state index contributed by atoms with van der Waals surface area (Å²) in [6.45, 7) is 0. The summed E-state index contributed by atoms with van der Waals surface area (Å²) in [7, 11) is 1.46. The fraction of sp³-hybridized carbons (Fsp3) is 0.357. The fourth-order valence-corrected chi connectivity index (χ4v) is 2.27. The van der Waals surface area contributed by atoms with Crippen LogP contribution in [0.15, 0.2) is 42.5 Å². The molecule has 0 fully saturated rings. The van der Waals surface area contributed by atoms with Crippen LogP contribution in [-0.4, -0.2) is 13.1 Å². The second kappa shape index (κ2) is 4.97. The molecule has 1 aromatic rings. The summed E-state index contributed by atoms with van der Waals surface area (Å²) in [5.74, 6) is 0.0398. The van der Waals surface area contributed by atoms with Crippen molar-refractivity contribution in [3.63, 3.8) is 0 Å². The molecule has 2 rings (SSSR count). The van der Waals surface area contributed by atoms with Gasteiger partial charge in [0, 0.05) is 5.92 Å². The van der Waals surface area contributed by atoms with Crippen LogP contribution in [0.2, 0.25) is 0 Å². The Labute approximate surface area is 95.9 Å². The quantitative estimate of drug-likeness (QED) is 0.561. The Morgan fingerprint density at radius 2 is 2.06 bits per heavy atom. The zero-order valence-corrected chi connectivity index (χ0v) is 9.43.